The van der Waals surface area contributed by atoms with E-state index in [4.69, 9.17) is 0 Å². The lowest BCUT2D eigenvalue weighted by Gasteiger charge is -2.18. The lowest BCUT2D eigenvalue weighted by Crippen LogP contribution is -2.22. The van der Waals surface area contributed by atoms with Crippen LogP contribution >= 0.6 is 11.3 Å². The molecule has 1 unspecified atom stereocenters. The molecule has 20 heavy (non-hydrogen) atoms. The predicted molar refractivity (Wildman–Crippen MR) is 88.4 cm³/mol. The van der Waals surface area contributed by atoms with Gasteiger partial charge in [-0.05, 0) is 40.9 Å². The number of hydrogen-bond acceptors (Lipinski definition) is 2. The minimum Gasteiger partial charge on any atom is -0.310 e. The van der Waals surface area contributed by atoms with E-state index >= 15 is 0 Å². The van der Waals surface area contributed by atoms with E-state index in [2.05, 4.69) is 72.2 Å². The lowest BCUT2D eigenvalue weighted by molar-refractivity contribution is 0.554. The van der Waals surface area contributed by atoms with Gasteiger partial charge >= 0.3 is 0 Å². The van der Waals surface area contributed by atoms with E-state index < -0.39 is 0 Å². The summed E-state index contributed by atoms with van der Waals surface area (Å²) in [7, 11) is 0. The predicted octanol–water partition coefficient (Wildman–Crippen LogP) is 4.79. The van der Waals surface area contributed by atoms with E-state index in [-0.39, 0.29) is 0 Å². The third-order valence-electron chi connectivity index (χ3n) is 3.62. The van der Waals surface area contributed by atoms with Gasteiger partial charge < -0.3 is 5.32 Å². The zero-order chi connectivity index (χ0) is 13.8. The Hall–Kier alpha value is -1.64. The Morgan fingerprint density at radius 2 is 1.75 bits per heavy atom. The van der Waals surface area contributed by atoms with E-state index in [1.54, 1.807) is 0 Å². The highest BCUT2D eigenvalue weighted by molar-refractivity contribution is 7.17. The van der Waals surface area contributed by atoms with Crippen LogP contribution in [-0.4, -0.2) is 6.54 Å². The van der Waals surface area contributed by atoms with E-state index in [9.17, 15) is 0 Å². The van der Waals surface area contributed by atoms with Crippen LogP contribution in [0.4, 0.5) is 0 Å². The fourth-order valence-electron chi connectivity index (χ4n) is 2.66. The SMILES string of the molecule is CCNC(Cc1ccccc1)c1csc2ccccc12. The molecule has 0 fully saturated rings. The Balaban J connectivity index is 1.94. The third-order valence-corrected chi connectivity index (χ3v) is 4.60. The highest BCUT2D eigenvalue weighted by atomic mass is 32.1. The quantitative estimate of drug-likeness (QED) is 0.708. The van der Waals surface area contributed by atoms with Crippen molar-refractivity contribution in [3.05, 3.63) is 71.1 Å². The highest BCUT2D eigenvalue weighted by Crippen LogP contribution is 2.31. The summed E-state index contributed by atoms with van der Waals surface area (Å²) in [5, 5.41) is 7.33. The van der Waals surface area contributed by atoms with E-state index in [0.29, 0.717) is 6.04 Å². The lowest BCUT2D eigenvalue weighted by atomic mass is 9.98. The van der Waals surface area contributed by atoms with Crippen molar-refractivity contribution in [1.29, 1.82) is 0 Å². The van der Waals surface area contributed by atoms with Crippen LogP contribution in [0.1, 0.15) is 24.1 Å². The number of likely N-dealkylation sites (N-methyl/N-ethyl adjacent to an activating group) is 1. The molecule has 0 amide bonds. The van der Waals surface area contributed by atoms with E-state index in [1.807, 2.05) is 11.3 Å². The van der Waals surface area contributed by atoms with Crippen LogP contribution in [0.3, 0.4) is 0 Å². The molecule has 1 aromatic heterocycles. The van der Waals surface area contributed by atoms with Crippen molar-refractivity contribution in [3.63, 3.8) is 0 Å². The second kappa shape index (κ2) is 6.21. The number of nitrogens with one attached hydrogen (secondary N) is 1. The van der Waals surface area contributed by atoms with E-state index in [1.165, 1.54) is 21.2 Å². The van der Waals surface area contributed by atoms with Gasteiger partial charge in [0.1, 0.15) is 0 Å². The molecule has 1 heterocycles. The Morgan fingerprint density at radius 1 is 1.00 bits per heavy atom. The molecule has 1 N–H and O–H groups in total. The summed E-state index contributed by atoms with van der Waals surface area (Å²) in [5.74, 6) is 0. The molecule has 0 aliphatic heterocycles. The minimum atomic E-state index is 0.388. The smallest absolute Gasteiger partial charge is 0.0375 e. The van der Waals surface area contributed by atoms with Crippen LogP contribution in [0.5, 0.6) is 0 Å². The number of hydrogen-bond donors (Lipinski definition) is 1. The first-order valence-electron chi connectivity index (χ1n) is 7.12. The summed E-state index contributed by atoms with van der Waals surface area (Å²) >= 11 is 1.84. The fourth-order valence-corrected chi connectivity index (χ4v) is 3.67. The zero-order valence-corrected chi connectivity index (χ0v) is 12.5. The van der Waals surface area contributed by atoms with Gasteiger partial charge in [0, 0.05) is 10.7 Å². The maximum atomic E-state index is 3.63. The first kappa shape index (κ1) is 13.3. The molecule has 0 radical (unpaired) electrons. The molecule has 1 atom stereocenters. The summed E-state index contributed by atoms with van der Waals surface area (Å²) in [4.78, 5) is 0. The number of thiophene rings is 1. The van der Waals surface area contributed by atoms with Crippen LogP contribution in [-0.2, 0) is 6.42 Å². The van der Waals surface area contributed by atoms with Gasteiger partial charge in [-0.1, -0.05) is 55.5 Å². The van der Waals surface area contributed by atoms with Gasteiger partial charge in [0.05, 0.1) is 0 Å². The number of fused-ring (bicyclic) bond motifs is 1. The largest absolute Gasteiger partial charge is 0.310 e. The molecule has 0 bridgehead atoms. The van der Waals surface area contributed by atoms with Crippen LogP contribution in [0.2, 0.25) is 0 Å². The van der Waals surface area contributed by atoms with Crippen molar-refractivity contribution in [3.8, 4) is 0 Å². The van der Waals surface area contributed by atoms with Gasteiger partial charge in [-0.15, -0.1) is 11.3 Å². The van der Waals surface area contributed by atoms with Crippen LogP contribution in [0.25, 0.3) is 10.1 Å². The molecule has 0 saturated carbocycles. The molecule has 3 rings (SSSR count). The molecular formula is C18H19NS. The maximum Gasteiger partial charge on any atom is 0.0375 e. The van der Waals surface area contributed by atoms with Gasteiger partial charge in [-0.2, -0.15) is 0 Å². The van der Waals surface area contributed by atoms with Crippen molar-refractivity contribution >= 4 is 21.4 Å². The monoisotopic (exact) mass is 281 g/mol. The van der Waals surface area contributed by atoms with Crippen molar-refractivity contribution < 1.29 is 0 Å². The summed E-state index contributed by atoms with van der Waals surface area (Å²) in [5.41, 5.74) is 2.81. The topological polar surface area (TPSA) is 12.0 Å². The number of rotatable bonds is 5. The van der Waals surface area contributed by atoms with Crippen molar-refractivity contribution in [1.82, 2.24) is 5.32 Å². The van der Waals surface area contributed by atoms with Gasteiger partial charge in [0.25, 0.3) is 0 Å². The van der Waals surface area contributed by atoms with Crippen LogP contribution < -0.4 is 5.32 Å². The molecule has 2 heteroatoms. The van der Waals surface area contributed by atoms with Gasteiger partial charge in [-0.3, -0.25) is 0 Å². The van der Waals surface area contributed by atoms with Crippen LogP contribution in [0.15, 0.2) is 60.0 Å². The van der Waals surface area contributed by atoms with Gasteiger partial charge in [-0.25, -0.2) is 0 Å². The summed E-state index contributed by atoms with van der Waals surface area (Å²) in [6.07, 6.45) is 1.04. The molecule has 2 aromatic carbocycles. The van der Waals surface area contributed by atoms with Crippen molar-refractivity contribution in [2.24, 2.45) is 0 Å². The van der Waals surface area contributed by atoms with Crippen molar-refractivity contribution in [2.45, 2.75) is 19.4 Å². The van der Waals surface area contributed by atoms with Crippen molar-refractivity contribution in [2.75, 3.05) is 6.54 Å². The second-order valence-corrected chi connectivity index (χ2v) is 5.90. The molecule has 0 aliphatic rings. The second-order valence-electron chi connectivity index (χ2n) is 4.99. The third kappa shape index (κ3) is 2.77. The number of benzene rings is 2. The molecule has 0 saturated heterocycles. The highest BCUT2D eigenvalue weighted by Gasteiger charge is 2.15. The minimum absolute atomic E-state index is 0.388. The molecular weight excluding hydrogens is 262 g/mol. The normalized spacial score (nSPS) is 12.7. The first-order valence-corrected chi connectivity index (χ1v) is 8.00. The van der Waals surface area contributed by atoms with Gasteiger partial charge in [0.2, 0.25) is 0 Å². The Morgan fingerprint density at radius 3 is 2.55 bits per heavy atom. The average Bonchev–Trinajstić information content (AvgIpc) is 2.92. The van der Waals surface area contributed by atoms with Gasteiger partial charge in [0.15, 0.2) is 0 Å². The molecule has 1 nitrogen and oxygen atoms in total. The zero-order valence-electron chi connectivity index (χ0n) is 11.7. The van der Waals surface area contributed by atoms with E-state index in [0.717, 1.165) is 13.0 Å². The summed E-state index contributed by atoms with van der Waals surface area (Å²) in [6, 6.07) is 19.8. The first-order chi connectivity index (χ1) is 9.88. The summed E-state index contributed by atoms with van der Waals surface area (Å²) in [6.45, 7) is 3.16. The molecule has 0 spiro atoms. The maximum absolute atomic E-state index is 3.63. The Labute approximate surface area is 124 Å². The standard InChI is InChI=1S/C18H19NS/c1-2-19-17(12-14-8-4-3-5-9-14)16-13-20-18-11-7-6-10-15(16)18/h3-11,13,17,19H,2,12H2,1H3. The van der Waals surface area contributed by atoms with Crippen LogP contribution in [0, 0.1) is 0 Å². The molecule has 3 aromatic rings. The molecule has 102 valence electrons. The molecule has 0 aliphatic carbocycles. The summed E-state index contributed by atoms with van der Waals surface area (Å²) < 4.78 is 1.37. The Kier molecular flexibility index (Phi) is 4.14. The average molecular weight is 281 g/mol. The fraction of sp³-hybridized carbons (Fsp3) is 0.222. The Bertz CT molecular complexity index is 672.